The Bertz CT molecular complexity index is 376. The first kappa shape index (κ1) is 10.3. The molecular weight excluding hydrogens is 180 g/mol. The van der Waals surface area contributed by atoms with Gasteiger partial charge in [-0.3, -0.25) is 4.79 Å². The average Bonchev–Trinajstić information content (AvgIpc) is 2.61. The normalized spacial score (nSPS) is 11.9. The van der Waals surface area contributed by atoms with Crippen molar-refractivity contribution >= 4 is 5.91 Å². The molecule has 0 aliphatic carbocycles. The van der Waals surface area contributed by atoms with Gasteiger partial charge in [0.2, 0.25) is 0 Å². The highest BCUT2D eigenvalue weighted by atomic mass is 16.2. The van der Waals surface area contributed by atoms with Crippen LogP contribution in [0.25, 0.3) is 0 Å². The lowest BCUT2D eigenvalue weighted by molar-refractivity contribution is 0.0763. The molecule has 0 radical (unpaired) electrons. The zero-order valence-electron chi connectivity index (χ0n) is 8.43. The van der Waals surface area contributed by atoms with Crippen molar-refractivity contribution in [3.05, 3.63) is 18.2 Å². The molecule has 1 amide bonds. The van der Waals surface area contributed by atoms with Crippen molar-refractivity contribution in [2.24, 2.45) is 7.05 Å². The molecule has 0 N–H and O–H groups in total. The molecule has 1 aromatic heterocycles. The summed E-state index contributed by atoms with van der Waals surface area (Å²) in [7, 11) is 3.34. The summed E-state index contributed by atoms with van der Waals surface area (Å²) in [6, 6.07) is 1.57. The number of aromatic nitrogens is 2. The van der Waals surface area contributed by atoms with Gasteiger partial charge in [0.05, 0.1) is 18.6 Å². The number of amides is 1. The Morgan fingerprint density at radius 3 is 2.86 bits per heavy atom. The van der Waals surface area contributed by atoms with E-state index in [2.05, 4.69) is 4.98 Å². The summed E-state index contributed by atoms with van der Waals surface area (Å²) >= 11 is 0. The van der Waals surface area contributed by atoms with E-state index in [4.69, 9.17) is 5.26 Å². The van der Waals surface area contributed by atoms with Crippen LogP contribution < -0.4 is 0 Å². The van der Waals surface area contributed by atoms with Gasteiger partial charge < -0.3 is 9.47 Å². The minimum atomic E-state index is -0.433. The second-order valence-corrected chi connectivity index (χ2v) is 3.11. The van der Waals surface area contributed by atoms with Gasteiger partial charge in [0.25, 0.3) is 5.91 Å². The molecular formula is C9H12N4O. The molecule has 0 spiro atoms. The van der Waals surface area contributed by atoms with Crippen LogP contribution in [0.2, 0.25) is 0 Å². The molecule has 0 aromatic carbocycles. The minimum absolute atomic E-state index is 0.195. The average molecular weight is 192 g/mol. The van der Waals surface area contributed by atoms with E-state index in [9.17, 15) is 4.79 Å². The van der Waals surface area contributed by atoms with Crippen LogP contribution in [-0.4, -0.2) is 33.4 Å². The molecule has 1 aromatic rings. The molecule has 1 unspecified atom stereocenters. The van der Waals surface area contributed by atoms with Crippen LogP contribution in [0.3, 0.4) is 0 Å². The van der Waals surface area contributed by atoms with E-state index >= 15 is 0 Å². The maximum Gasteiger partial charge on any atom is 0.272 e. The Kier molecular flexibility index (Phi) is 2.87. The quantitative estimate of drug-likeness (QED) is 0.681. The lowest BCUT2D eigenvalue weighted by Crippen LogP contribution is -2.35. The van der Waals surface area contributed by atoms with E-state index in [1.807, 2.05) is 6.07 Å². The van der Waals surface area contributed by atoms with Crippen LogP contribution in [0.1, 0.15) is 17.4 Å². The van der Waals surface area contributed by atoms with Crippen molar-refractivity contribution in [3.8, 4) is 6.07 Å². The Morgan fingerprint density at radius 2 is 2.43 bits per heavy atom. The third-order valence-electron chi connectivity index (χ3n) is 2.12. The van der Waals surface area contributed by atoms with Gasteiger partial charge in [-0.05, 0) is 6.92 Å². The zero-order chi connectivity index (χ0) is 10.7. The van der Waals surface area contributed by atoms with Crippen LogP contribution in [0.5, 0.6) is 0 Å². The largest absolute Gasteiger partial charge is 0.330 e. The molecule has 5 nitrogen and oxygen atoms in total. The summed E-state index contributed by atoms with van der Waals surface area (Å²) in [5, 5.41) is 8.65. The lowest BCUT2D eigenvalue weighted by atomic mass is 10.3. The summed E-state index contributed by atoms with van der Waals surface area (Å²) < 4.78 is 1.63. The molecule has 1 rings (SSSR count). The van der Waals surface area contributed by atoms with Gasteiger partial charge in [0.1, 0.15) is 11.7 Å². The van der Waals surface area contributed by atoms with Crippen LogP contribution >= 0.6 is 0 Å². The Morgan fingerprint density at radius 1 is 1.79 bits per heavy atom. The van der Waals surface area contributed by atoms with Crippen LogP contribution in [0, 0.1) is 11.3 Å². The summed E-state index contributed by atoms with van der Waals surface area (Å²) in [5.74, 6) is -0.195. The molecule has 5 heteroatoms. The lowest BCUT2D eigenvalue weighted by Gasteiger charge is -2.18. The Balaban J connectivity index is 2.87. The molecule has 0 aliphatic heterocycles. The van der Waals surface area contributed by atoms with Crippen molar-refractivity contribution in [2.75, 3.05) is 7.05 Å². The highest BCUT2D eigenvalue weighted by Crippen LogP contribution is 2.04. The van der Waals surface area contributed by atoms with Crippen molar-refractivity contribution in [1.29, 1.82) is 5.26 Å². The van der Waals surface area contributed by atoms with Gasteiger partial charge in [-0.25, -0.2) is 4.98 Å². The van der Waals surface area contributed by atoms with E-state index in [-0.39, 0.29) is 5.91 Å². The predicted octanol–water partition coefficient (Wildman–Crippen LogP) is 0.404. The number of carbonyl (C=O) groups excluding carboxylic acids is 1. The summed E-state index contributed by atoms with van der Waals surface area (Å²) in [6.45, 7) is 1.67. The van der Waals surface area contributed by atoms with Gasteiger partial charge >= 0.3 is 0 Å². The van der Waals surface area contributed by atoms with E-state index in [1.54, 1.807) is 31.9 Å². The summed E-state index contributed by atoms with van der Waals surface area (Å²) in [6.07, 6.45) is 3.04. The fourth-order valence-corrected chi connectivity index (χ4v) is 1.01. The maximum absolute atomic E-state index is 11.7. The fraction of sp³-hybridized carbons (Fsp3) is 0.444. The van der Waals surface area contributed by atoms with Gasteiger partial charge in [0, 0.05) is 14.1 Å². The smallest absolute Gasteiger partial charge is 0.272 e. The van der Waals surface area contributed by atoms with Crippen LogP contribution in [0.4, 0.5) is 0 Å². The number of hydrogen-bond donors (Lipinski definition) is 0. The third kappa shape index (κ3) is 1.74. The van der Waals surface area contributed by atoms with Crippen LogP contribution in [-0.2, 0) is 7.05 Å². The molecule has 0 bridgehead atoms. The van der Waals surface area contributed by atoms with E-state index in [0.717, 1.165) is 0 Å². The number of nitrogens with zero attached hydrogens (tertiary/aromatic N) is 4. The standard InChI is InChI=1S/C9H12N4O/c1-7(4-10)13(3)9(14)8-5-11-6-12(8)2/h5-7H,1-3H3. The van der Waals surface area contributed by atoms with E-state index < -0.39 is 6.04 Å². The number of imidazole rings is 1. The highest BCUT2D eigenvalue weighted by Gasteiger charge is 2.19. The number of nitriles is 1. The number of carbonyl (C=O) groups is 1. The monoisotopic (exact) mass is 192 g/mol. The topological polar surface area (TPSA) is 61.9 Å². The van der Waals surface area contributed by atoms with Crippen molar-refractivity contribution < 1.29 is 4.79 Å². The molecule has 0 saturated carbocycles. The van der Waals surface area contributed by atoms with Crippen molar-refractivity contribution in [2.45, 2.75) is 13.0 Å². The van der Waals surface area contributed by atoms with E-state index in [0.29, 0.717) is 5.69 Å². The van der Waals surface area contributed by atoms with Gasteiger partial charge in [0.15, 0.2) is 0 Å². The molecule has 1 heterocycles. The minimum Gasteiger partial charge on any atom is -0.330 e. The molecule has 0 saturated heterocycles. The number of hydrogen-bond acceptors (Lipinski definition) is 3. The van der Waals surface area contributed by atoms with E-state index in [1.165, 1.54) is 11.1 Å². The maximum atomic E-state index is 11.7. The summed E-state index contributed by atoms with van der Waals surface area (Å²) in [5.41, 5.74) is 0.481. The third-order valence-corrected chi connectivity index (χ3v) is 2.12. The Labute approximate surface area is 82.6 Å². The van der Waals surface area contributed by atoms with Gasteiger partial charge in [-0.2, -0.15) is 5.26 Å². The fourth-order valence-electron chi connectivity index (χ4n) is 1.01. The van der Waals surface area contributed by atoms with Crippen molar-refractivity contribution in [3.63, 3.8) is 0 Å². The van der Waals surface area contributed by atoms with Gasteiger partial charge in [-0.1, -0.05) is 0 Å². The first-order valence-electron chi connectivity index (χ1n) is 4.21. The molecule has 0 aliphatic rings. The predicted molar refractivity (Wildman–Crippen MR) is 50.4 cm³/mol. The molecule has 74 valence electrons. The first-order valence-corrected chi connectivity index (χ1v) is 4.21. The number of aryl methyl sites for hydroxylation is 1. The second-order valence-electron chi connectivity index (χ2n) is 3.11. The highest BCUT2D eigenvalue weighted by molar-refractivity contribution is 5.92. The Hall–Kier alpha value is -1.83. The van der Waals surface area contributed by atoms with Crippen LogP contribution in [0.15, 0.2) is 12.5 Å². The second kappa shape index (κ2) is 3.92. The van der Waals surface area contributed by atoms with Crippen molar-refractivity contribution in [1.82, 2.24) is 14.5 Å². The summed E-state index contributed by atoms with van der Waals surface area (Å²) in [4.78, 5) is 17.0. The zero-order valence-corrected chi connectivity index (χ0v) is 8.43. The molecule has 14 heavy (non-hydrogen) atoms. The first-order chi connectivity index (χ1) is 6.57. The SMILES string of the molecule is CC(C#N)N(C)C(=O)c1cncn1C. The van der Waals surface area contributed by atoms with Gasteiger partial charge in [-0.15, -0.1) is 0 Å². The molecule has 0 fully saturated rings. The number of rotatable bonds is 2. The molecule has 1 atom stereocenters.